The predicted octanol–water partition coefficient (Wildman–Crippen LogP) is 15.0. The quantitative estimate of drug-likeness (QED) is 0.0261. The molecule has 1 fully saturated rings. The molecule has 9 heteroatoms. The molecule has 0 aromatic rings. The van der Waals surface area contributed by atoms with Gasteiger partial charge in [-0.2, -0.15) is 0 Å². The number of carbonyl (C=O) groups is 1. The maximum atomic E-state index is 13.1. The van der Waals surface area contributed by atoms with Gasteiger partial charge in [-0.05, 0) is 83.5 Å². The van der Waals surface area contributed by atoms with E-state index in [1.165, 1.54) is 148 Å². The highest BCUT2D eigenvalue weighted by Gasteiger charge is 2.44. The summed E-state index contributed by atoms with van der Waals surface area (Å²) in [5.41, 5.74) is 0. The van der Waals surface area contributed by atoms with Crippen LogP contribution < -0.4 is 5.32 Å². The van der Waals surface area contributed by atoms with Crippen molar-refractivity contribution in [3.63, 3.8) is 0 Å². The molecule has 9 nitrogen and oxygen atoms in total. The number of aliphatic hydroxyl groups is 5. The highest BCUT2D eigenvalue weighted by molar-refractivity contribution is 5.76. The molecule has 1 amide bonds. The Balaban J connectivity index is 2.26. The van der Waals surface area contributed by atoms with Crippen LogP contribution >= 0.6 is 0 Å². The van der Waals surface area contributed by atoms with E-state index in [0.29, 0.717) is 6.42 Å². The van der Waals surface area contributed by atoms with E-state index in [2.05, 4.69) is 92.1 Å². The van der Waals surface area contributed by atoms with Crippen molar-refractivity contribution in [3.05, 3.63) is 85.1 Å². The molecular formula is C63H111NO8. The summed E-state index contributed by atoms with van der Waals surface area (Å²) < 4.78 is 11.3. The van der Waals surface area contributed by atoms with Crippen LogP contribution in [0.5, 0.6) is 0 Å². The molecule has 0 radical (unpaired) electrons. The summed E-state index contributed by atoms with van der Waals surface area (Å²) in [6, 6.07) is -0.837. The van der Waals surface area contributed by atoms with Crippen molar-refractivity contribution < 1.29 is 39.8 Å². The zero-order chi connectivity index (χ0) is 52.2. The molecule has 0 aromatic carbocycles. The van der Waals surface area contributed by atoms with Gasteiger partial charge in [-0.25, -0.2) is 0 Å². The smallest absolute Gasteiger partial charge is 0.220 e. The normalized spacial score (nSPS) is 19.8. The topological polar surface area (TPSA) is 149 Å². The molecule has 7 atom stereocenters. The van der Waals surface area contributed by atoms with Gasteiger partial charge in [0.2, 0.25) is 5.91 Å². The lowest BCUT2D eigenvalue weighted by atomic mass is 9.99. The third-order valence-corrected chi connectivity index (χ3v) is 13.7. The van der Waals surface area contributed by atoms with Crippen LogP contribution in [0.15, 0.2) is 85.1 Å². The number of hydrogen-bond acceptors (Lipinski definition) is 8. The third kappa shape index (κ3) is 40.7. The van der Waals surface area contributed by atoms with Crippen molar-refractivity contribution in [1.29, 1.82) is 0 Å². The SMILES string of the molecule is CC/C=C\C/C=C\C/C=C\C/C=C\CCCCCCCCCCCCC(=O)NC(COC1OC(CO)C(O)C(O)C1O)C(O)/C=C/CC/C=C/CC/C=C/CCCCCCCCCCCCCCCCCC. The van der Waals surface area contributed by atoms with Crippen molar-refractivity contribution in [2.75, 3.05) is 13.2 Å². The number of rotatable bonds is 50. The second-order valence-electron chi connectivity index (χ2n) is 20.4. The van der Waals surface area contributed by atoms with E-state index in [1.54, 1.807) is 6.08 Å². The molecule has 1 aliphatic rings. The van der Waals surface area contributed by atoms with Gasteiger partial charge in [-0.3, -0.25) is 4.79 Å². The van der Waals surface area contributed by atoms with Crippen molar-refractivity contribution in [1.82, 2.24) is 5.32 Å². The predicted molar refractivity (Wildman–Crippen MR) is 304 cm³/mol. The number of ether oxygens (including phenoxy) is 2. The van der Waals surface area contributed by atoms with Crippen LogP contribution in [0.4, 0.5) is 0 Å². The third-order valence-electron chi connectivity index (χ3n) is 13.7. The molecule has 0 spiro atoms. The summed E-state index contributed by atoms with van der Waals surface area (Å²) in [5, 5.41) is 54.5. The van der Waals surface area contributed by atoms with Crippen molar-refractivity contribution in [3.8, 4) is 0 Å². The summed E-state index contributed by atoms with van der Waals surface area (Å²) in [4.78, 5) is 13.1. The van der Waals surface area contributed by atoms with Crippen molar-refractivity contribution in [2.24, 2.45) is 0 Å². The number of allylic oxidation sites excluding steroid dienone is 13. The molecule has 0 saturated carbocycles. The van der Waals surface area contributed by atoms with Gasteiger partial charge in [0.25, 0.3) is 0 Å². The molecule has 1 heterocycles. The van der Waals surface area contributed by atoms with Gasteiger partial charge in [-0.1, -0.05) is 247 Å². The summed E-state index contributed by atoms with van der Waals surface area (Å²) in [6.07, 6.45) is 66.5. The summed E-state index contributed by atoms with van der Waals surface area (Å²) in [5.74, 6) is -0.197. The lowest BCUT2D eigenvalue weighted by Crippen LogP contribution is -2.60. The van der Waals surface area contributed by atoms with E-state index in [1.807, 2.05) is 6.08 Å². The molecule has 0 bridgehead atoms. The molecule has 1 saturated heterocycles. The number of unbranched alkanes of at least 4 members (excludes halogenated alkanes) is 28. The van der Waals surface area contributed by atoms with Gasteiger partial charge in [0.15, 0.2) is 6.29 Å². The highest BCUT2D eigenvalue weighted by Crippen LogP contribution is 2.23. The molecule has 1 aliphatic heterocycles. The Bertz CT molecular complexity index is 1400. The van der Waals surface area contributed by atoms with E-state index in [-0.39, 0.29) is 12.5 Å². The number of amides is 1. The average molecular weight is 1010 g/mol. The fourth-order valence-electron chi connectivity index (χ4n) is 9.00. The Morgan fingerprint density at radius 1 is 0.486 bits per heavy atom. The molecule has 6 N–H and O–H groups in total. The van der Waals surface area contributed by atoms with Crippen LogP contribution in [-0.4, -0.2) is 87.5 Å². The first-order valence-corrected chi connectivity index (χ1v) is 29.8. The first-order chi connectivity index (χ1) is 35.3. The van der Waals surface area contributed by atoms with Gasteiger partial charge in [0, 0.05) is 6.42 Å². The molecule has 7 unspecified atom stereocenters. The Hall–Kier alpha value is -2.63. The molecule has 0 aliphatic carbocycles. The highest BCUT2D eigenvalue weighted by atomic mass is 16.7. The van der Waals surface area contributed by atoms with E-state index in [9.17, 15) is 30.3 Å². The molecule has 1 rings (SSSR count). The lowest BCUT2D eigenvalue weighted by Gasteiger charge is -2.40. The zero-order valence-electron chi connectivity index (χ0n) is 46.2. The summed E-state index contributed by atoms with van der Waals surface area (Å²) in [7, 11) is 0. The van der Waals surface area contributed by atoms with Crippen LogP contribution in [0.1, 0.15) is 251 Å². The standard InChI is InChI=1S/C63H111NO8/c1-3-5-7-9-11-13-15-17-19-21-23-25-27-28-29-31-32-34-36-38-40-42-44-46-48-50-52-57(66)56(55-71-63-62(70)61(69)60(68)58(54-65)72-63)64-59(67)53-51-49-47-45-43-41-39-37-35-33-30-26-24-22-20-18-16-14-12-10-8-6-4-2/h6,8,12,14,18,20,24,26,34,36,42,44,50,52,56-58,60-63,65-66,68-70H,3-5,7,9-11,13,15-17,19,21-23,25,27-33,35,37-41,43,45-49,51,53-55H2,1-2H3,(H,64,67)/b8-6-,14-12-,20-18-,26-24-,36-34+,44-42+,52-50+. The van der Waals surface area contributed by atoms with Crippen molar-refractivity contribution in [2.45, 2.75) is 294 Å². The molecular weight excluding hydrogens is 899 g/mol. The largest absolute Gasteiger partial charge is 0.394 e. The van der Waals surface area contributed by atoms with Crippen LogP contribution in [0, 0.1) is 0 Å². The lowest BCUT2D eigenvalue weighted by molar-refractivity contribution is -0.302. The Morgan fingerprint density at radius 3 is 1.33 bits per heavy atom. The monoisotopic (exact) mass is 1010 g/mol. The first-order valence-electron chi connectivity index (χ1n) is 29.8. The minimum absolute atomic E-state index is 0.197. The van der Waals surface area contributed by atoms with E-state index >= 15 is 0 Å². The van der Waals surface area contributed by atoms with Gasteiger partial charge in [0.05, 0.1) is 25.4 Å². The Morgan fingerprint density at radius 2 is 0.875 bits per heavy atom. The number of aliphatic hydroxyl groups excluding tert-OH is 5. The molecule has 416 valence electrons. The maximum Gasteiger partial charge on any atom is 0.220 e. The fourth-order valence-corrected chi connectivity index (χ4v) is 9.00. The van der Waals surface area contributed by atoms with Crippen LogP contribution in [0.2, 0.25) is 0 Å². The van der Waals surface area contributed by atoms with E-state index < -0.39 is 49.5 Å². The average Bonchev–Trinajstić information content (AvgIpc) is 3.38. The van der Waals surface area contributed by atoms with Gasteiger partial charge in [0.1, 0.15) is 24.4 Å². The molecule has 72 heavy (non-hydrogen) atoms. The summed E-state index contributed by atoms with van der Waals surface area (Å²) in [6.45, 7) is 3.66. The molecule has 0 aromatic heterocycles. The van der Waals surface area contributed by atoms with Crippen LogP contribution in [-0.2, 0) is 14.3 Å². The first kappa shape index (κ1) is 67.4. The van der Waals surface area contributed by atoms with E-state index in [4.69, 9.17) is 9.47 Å². The Kier molecular flexibility index (Phi) is 48.5. The van der Waals surface area contributed by atoms with Crippen LogP contribution in [0.25, 0.3) is 0 Å². The minimum Gasteiger partial charge on any atom is -0.394 e. The Labute approximate surface area is 441 Å². The minimum atomic E-state index is -1.58. The zero-order valence-corrected chi connectivity index (χ0v) is 46.2. The fraction of sp³-hybridized carbons (Fsp3) is 0.762. The van der Waals surface area contributed by atoms with Gasteiger partial charge >= 0.3 is 0 Å². The number of hydrogen-bond donors (Lipinski definition) is 6. The second-order valence-corrected chi connectivity index (χ2v) is 20.4. The number of nitrogens with one attached hydrogen (secondary N) is 1. The van der Waals surface area contributed by atoms with Crippen LogP contribution in [0.3, 0.4) is 0 Å². The van der Waals surface area contributed by atoms with E-state index in [0.717, 1.165) is 83.5 Å². The maximum absolute atomic E-state index is 13.1. The number of carbonyl (C=O) groups excluding carboxylic acids is 1. The second kappa shape index (κ2) is 51.8. The van der Waals surface area contributed by atoms with Crippen molar-refractivity contribution >= 4 is 5.91 Å². The van der Waals surface area contributed by atoms with Gasteiger partial charge in [-0.15, -0.1) is 0 Å². The summed E-state index contributed by atoms with van der Waals surface area (Å²) >= 11 is 0. The van der Waals surface area contributed by atoms with Gasteiger partial charge < -0.3 is 40.3 Å².